The molecule has 0 aliphatic carbocycles. The van der Waals surface area contributed by atoms with Gasteiger partial charge in [-0.2, -0.15) is 5.10 Å². The van der Waals surface area contributed by atoms with Crippen LogP contribution in [-0.2, 0) is 11.2 Å². The van der Waals surface area contributed by atoms with Crippen LogP contribution in [0.5, 0.6) is 0 Å². The Hall–Kier alpha value is -1.62. The minimum Gasteiger partial charge on any atom is -0.369 e. The summed E-state index contributed by atoms with van der Waals surface area (Å²) in [7, 11) is 0. The summed E-state index contributed by atoms with van der Waals surface area (Å²) in [5.41, 5.74) is 6.37. The number of amides is 1. The molecule has 0 aliphatic rings. The van der Waals surface area contributed by atoms with Crippen LogP contribution in [0.4, 0.5) is 0 Å². The van der Waals surface area contributed by atoms with Gasteiger partial charge in [-0.15, -0.1) is 0 Å². The highest BCUT2D eigenvalue weighted by atomic mass is 35.5. The summed E-state index contributed by atoms with van der Waals surface area (Å²) in [5.74, 6) is -0.425. The van der Waals surface area contributed by atoms with E-state index in [-0.39, 0.29) is 6.42 Å². The van der Waals surface area contributed by atoms with Gasteiger partial charge in [-0.25, -0.2) is 9.50 Å². The molecule has 0 unspecified atom stereocenters. The summed E-state index contributed by atoms with van der Waals surface area (Å²) in [6.45, 7) is 0. The molecule has 1 amide bonds. The molecule has 2 rings (SSSR count). The maximum atomic E-state index is 10.7. The summed E-state index contributed by atoms with van der Waals surface area (Å²) < 4.78 is 1.55. The molecule has 5 nitrogen and oxygen atoms in total. The summed E-state index contributed by atoms with van der Waals surface area (Å²) in [6.07, 6.45) is 3.12. The molecule has 0 bridgehead atoms. The predicted octanol–water partition coefficient (Wildman–Crippen LogP) is 0.411. The minimum absolute atomic E-state index is 0.0958. The van der Waals surface area contributed by atoms with Crippen molar-refractivity contribution in [1.82, 2.24) is 14.6 Å². The second-order valence-corrected chi connectivity index (χ2v) is 3.27. The van der Waals surface area contributed by atoms with Gasteiger partial charge in [-0.1, -0.05) is 11.6 Å². The van der Waals surface area contributed by atoms with E-state index in [9.17, 15) is 4.79 Å². The third-order valence-electron chi connectivity index (χ3n) is 1.79. The quantitative estimate of drug-likeness (QED) is 0.780. The highest BCUT2D eigenvalue weighted by molar-refractivity contribution is 6.30. The zero-order valence-electron chi connectivity index (χ0n) is 7.14. The molecule has 0 radical (unpaired) electrons. The Morgan fingerprint density at radius 1 is 1.64 bits per heavy atom. The number of aromatic nitrogens is 3. The fraction of sp³-hybridized carbons (Fsp3) is 0.125. The molecule has 6 heteroatoms. The molecule has 2 aromatic heterocycles. The summed E-state index contributed by atoms with van der Waals surface area (Å²) in [4.78, 5) is 14.7. The van der Waals surface area contributed by atoms with Crippen LogP contribution in [0.15, 0.2) is 18.6 Å². The summed E-state index contributed by atoms with van der Waals surface area (Å²) in [5, 5.41) is 4.48. The van der Waals surface area contributed by atoms with Gasteiger partial charge >= 0.3 is 0 Å². The maximum absolute atomic E-state index is 10.7. The number of carbonyl (C=O) groups is 1. The minimum atomic E-state index is -0.425. The predicted molar refractivity (Wildman–Crippen MR) is 50.9 cm³/mol. The fourth-order valence-electron chi connectivity index (χ4n) is 1.21. The highest BCUT2D eigenvalue weighted by Crippen LogP contribution is 2.13. The SMILES string of the molecule is NC(=O)Cc1ncn2ncc(Cl)cc12. The number of primary amides is 1. The van der Waals surface area contributed by atoms with E-state index in [0.29, 0.717) is 16.2 Å². The van der Waals surface area contributed by atoms with Crippen molar-refractivity contribution in [3.8, 4) is 0 Å². The Morgan fingerprint density at radius 3 is 3.14 bits per heavy atom. The Morgan fingerprint density at radius 2 is 2.43 bits per heavy atom. The molecule has 0 aliphatic heterocycles. The van der Waals surface area contributed by atoms with E-state index in [2.05, 4.69) is 10.1 Å². The number of nitrogens with zero attached hydrogens (tertiary/aromatic N) is 3. The Balaban J connectivity index is 2.55. The molecule has 0 fully saturated rings. The first-order valence-electron chi connectivity index (χ1n) is 3.93. The van der Waals surface area contributed by atoms with E-state index in [1.165, 1.54) is 12.5 Å². The van der Waals surface area contributed by atoms with Gasteiger partial charge in [0.05, 0.1) is 28.9 Å². The molecular weight excluding hydrogens is 204 g/mol. The van der Waals surface area contributed by atoms with Gasteiger partial charge < -0.3 is 5.73 Å². The van der Waals surface area contributed by atoms with E-state index in [1.807, 2.05) is 0 Å². The van der Waals surface area contributed by atoms with E-state index in [1.54, 1.807) is 10.6 Å². The molecule has 0 atom stereocenters. The number of hydrogen-bond donors (Lipinski definition) is 1. The maximum Gasteiger partial charge on any atom is 0.223 e. The van der Waals surface area contributed by atoms with Crippen molar-refractivity contribution in [2.75, 3.05) is 0 Å². The summed E-state index contributed by atoms with van der Waals surface area (Å²) >= 11 is 5.76. The highest BCUT2D eigenvalue weighted by Gasteiger charge is 2.07. The van der Waals surface area contributed by atoms with Gasteiger partial charge in [0.2, 0.25) is 5.91 Å². The molecule has 72 valence electrons. The van der Waals surface area contributed by atoms with Gasteiger partial charge in [0.1, 0.15) is 6.33 Å². The smallest absolute Gasteiger partial charge is 0.223 e. The van der Waals surface area contributed by atoms with Crippen LogP contribution in [0, 0.1) is 0 Å². The third kappa shape index (κ3) is 1.54. The van der Waals surface area contributed by atoms with Crippen molar-refractivity contribution in [2.24, 2.45) is 5.73 Å². The first kappa shape index (κ1) is 8.96. The second-order valence-electron chi connectivity index (χ2n) is 2.84. The topological polar surface area (TPSA) is 73.3 Å². The van der Waals surface area contributed by atoms with Crippen LogP contribution in [0.2, 0.25) is 5.02 Å². The lowest BCUT2D eigenvalue weighted by Gasteiger charge is -1.95. The lowest BCUT2D eigenvalue weighted by Crippen LogP contribution is -2.14. The standard InChI is InChI=1S/C8H7ClN4O/c9-5-1-7-6(2-8(10)14)11-4-13(7)12-3-5/h1,3-4H,2H2,(H2,10,14). The van der Waals surface area contributed by atoms with Crippen molar-refractivity contribution in [3.63, 3.8) is 0 Å². The largest absolute Gasteiger partial charge is 0.369 e. The van der Waals surface area contributed by atoms with Gasteiger partial charge in [0.15, 0.2) is 0 Å². The number of hydrogen-bond acceptors (Lipinski definition) is 3. The van der Waals surface area contributed by atoms with Crippen LogP contribution < -0.4 is 5.73 Å². The molecule has 0 saturated heterocycles. The molecular formula is C8H7ClN4O. The molecule has 14 heavy (non-hydrogen) atoms. The zero-order chi connectivity index (χ0) is 10.1. The average Bonchev–Trinajstić information content (AvgIpc) is 2.47. The number of rotatable bonds is 2. The monoisotopic (exact) mass is 210 g/mol. The number of nitrogens with two attached hydrogens (primary N) is 1. The third-order valence-corrected chi connectivity index (χ3v) is 1.99. The molecule has 0 aromatic carbocycles. The van der Waals surface area contributed by atoms with Crippen molar-refractivity contribution in [2.45, 2.75) is 6.42 Å². The average molecular weight is 211 g/mol. The van der Waals surface area contributed by atoms with Crippen molar-refractivity contribution in [1.29, 1.82) is 0 Å². The first-order valence-corrected chi connectivity index (χ1v) is 4.30. The van der Waals surface area contributed by atoms with E-state index in [0.717, 1.165) is 0 Å². The number of fused-ring (bicyclic) bond motifs is 1. The van der Waals surface area contributed by atoms with Crippen molar-refractivity contribution < 1.29 is 4.79 Å². The van der Waals surface area contributed by atoms with Crippen molar-refractivity contribution in [3.05, 3.63) is 29.3 Å². The van der Waals surface area contributed by atoms with Gasteiger partial charge in [-0.3, -0.25) is 4.79 Å². The zero-order valence-corrected chi connectivity index (χ0v) is 7.90. The van der Waals surface area contributed by atoms with E-state index >= 15 is 0 Å². The van der Waals surface area contributed by atoms with E-state index < -0.39 is 5.91 Å². The molecule has 2 heterocycles. The van der Waals surface area contributed by atoms with Crippen molar-refractivity contribution >= 4 is 23.0 Å². The van der Waals surface area contributed by atoms with Crippen LogP contribution in [0.1, 0.15) is 5.69 Å². The van der Waals surface area contributed by atoms with Crippen LogP contribution in [0.25, 0.3) is 5.52 Å². The molecule has 2 aromatic rings. The fourth-order valence-corrected chi connectivity index (χ4v) is 1.36. The number of imidazole rings is 1. The van der Waals surface area contributed by atoms with Crippen LogP contribution in [-0.4, -0.2) is 20.5 Å². The normalized spacial score (nSPS) is 10.6. The van der Waals surface area contributed by atoms with Gasteiger partial charge in [-0.05, 0) is 6.07 Å². The Bertz CT molecular complexity index is 493. The summed E-state index contributed by atoms with van der Waals surface area (Å²) in [6, 6.07) is 1.69. The number of halogens is 1. The second kappa shape index (κ2) is 3.26. The first-order chi connectivity index (χ1) is 6.66. The lowest BCUT2D eigenvalue weighted by molar-refractivity contribution is -0.117. The molecule has 2 N–H and O–H groups in total. The Labute approximate surface area is 84.5 Å². The van der Waals surface area contributed by atoms with E-state index in [4.69, 9.17) is 17.3 Å². The van der Waals surface area contributed by atoms with Gasteiger partial charge in [0.25, 0.3) is 0 Å². The Kier molecular flexibility index (Phi) is 2.09. The van der Waals surface area contributed by atoms with Gasteiger partial charge in [0, 0.05) is 0 Å². The van der Waals surface area contributed by atoms with Crippen LogP contribution >= 0.6 is 11.6 Å². The number of carbonyl (C=O) groups excluding carboxylic acids is 1. The molecule has 0 spiro atoms. The molecule has 0 saturated carbocycles. The lowest BCUT2D eigenvalue weighted by atomic mass is 10.2. The van der Waals surface area contributed by atoms with Crippen LogP contribution in [0.3, 0.4) is 0 Å².